The van der Waals surface area contributed by atoms with Gasteiger partial charge in [0, 0.05) is 38.0 Å². The summed E-state index contributed by atoms with van der Waals surface area (Å²) in [5.41, 5.74) is 1.10. The average Bonchev–Trinajstić information content (AvgIpc) is 2.49. The highest BCUT2D eigenvalue weighted by Gasteiger charge is 2.49. The van der Waals surface area contributed by atoms with Gasteiger partial charge < -0.3 is 15.0 Å². The van der Waals surface area contributed by atoms with Crippen molar-refractivity contribution in [3.8, 4) is 0 Å². The van der Waals surface area contributed by atoms with E-state index in [-0.39, 0.29) is 12.2 Å². The summed E-state index contributed by atoms with van der Waals surface area (Å²) in [6.45, 7) is 4.03. The second kappa shape index (κ2) is 5.34. The van der Waals surface area contributed by atoms with Crippen LogP contribution in [0.4, 0.5) is 4.79 Å². The van der Waals surface area contributed by atoms with E-state index in [4.69, 9.17) is 4.74 Å². The predicted molar refractivity (Wildman–Crippen MR) is 79.7 cm³/mol. The van der Waals surface area contributed by atoms with Crippen LogP contribution in [0.15, 0.2) is 30.3 Å². The van der Waals surface area contributed by atoms with Crippen molar-refractivity contribution >= 4 is 6.09 Å². The van der Waals surface area contributed by atoms with Gasteiger partial charge in [0.2, 0.25) is 0 Å². The third kappa shape index (κ3) is 2.64. The highest BCUT2D eigenvalue weighted by molar-refractivity contribution is 5.67. The standard InChI is InChI=1S/C17H22N2O2/c20-17(18-8-12-4-2-1-3-5-12)21-16-14-6-13-7-15(16)11-19(9-13)10-14/h1-5,13-16H,6-11H2,(H,18,20). The van der Waals surface area contributed by atoms with E-state index in [1.165, 1.54) is 19.4 Å². The quantitative estimate of drug-likeness (QED) is 0.926. The molecule has 4 heteroatoms. The van der Waals surface area contributed by atoms with Crippen molar-refractivity contribution in [1.29, 1.82) is 0 Å². The van der Waals surface area contributed by atoms with Gasteiger partial charge in [-0.15, -0.1) is 0 Å². The van der Waals surface area contributed by atoms with Crippen LogP contribution in [0.25, 0.3) is 0 Å². The molecule has 3 aliphatic heterocycles. The van der Waals surface area contributed by atoms with E-state index in [1.807, 2.05) is 30.3 Å². The fraction of sp³-hybridized carbons (Fsp3) is 0.588. The summed E-state index contributed by atoms with van der Waals surface area (Å²) in [4.78, 5) is 14.6. The summed E-state index contributed by atoms with van der Waals surface area (Å²) >= 11 is 0. The molecule has 2 unspecified atom stereocenters. The second-order valence-electron chi connectivity index (χ2n) is 6.79. The van der Waals surface area contributed by atoms with Crippen LogP contribution in [0.3, 0.4) is 0 Å². The molecule has 1 N–H and O–H groups in total. The van der Waals surface area contributed by atoms with E-state index >= 15 is 0 Å². The van der Waals surface area contributed by atoms with Crippen LogP contribution in [0.5, 0.6) is 0 Å². The number of hydrogen-bond acceptors (Lipinski definition) is 3. The lowest BCUT2D eigenvalue weighted by Gasteiger charge is -2.54. The van der Waals surface area contributed by atoms with E-state index in [0.29, 0.717) is 18.4 Å². The third-order valence-electron chi connectivity index (χ3n) is 5.23. The lowest BCUT2D eigenvalue weighted by atomic mass is 9.66. The Hall–Kier alpha value is -1.55. The number of ether oxygens (including phenoxy) is 1. The topological polar surface area (TPSA) is 41.6 Å². The summed E-state index contributed by atoms with van der Waals surface area (Å²) in [7, 11) is 0. The predicted octanol–water partition coefficient (Wildman–Crippen LogP) is 2.25. The zero-order valence-corrected chi connectivity index (χ0v) is 12.2. The van der Waals surface area contributed by atoms with Gasteiger partial charge in [-0.05, 0) is 24.3 Å². The van der Waals surface area contributed by atoms with Gasteiger partial charge >= 0.3 is 6.09 Å². The van der Waals surface area contributed by atoms with Crippen molar-refractivity contribution in [3.63, 3.8) is 0 Å². The highest BCUT2D eigenvalue weighted by Crippen LogP contribution is 2.44. The number of benzene rings is 1. The minimum atomic E-state index is -0.258. The van der Waals surface area contributed by atoms with Crippen LogP contribution in [0.1, 0.15) is 18.4 Å². The largest absolute Gasteiger partial charge is 0.446 e. The number of piperidine rings is 3. The minimum absolute atomic E-state index is 0.133. The van der Waals surface area contributed by atoms with E-state index in [0.717, 1.165) is 24.6 Å². The number of carbonyl (C=O) groups excluding carboxylic acids is 1. The zero-order valence-electron chi connectivity index (χ0n) is 12.2. The molecule has 1 saturated carbocycles. The Bertz CT molecular complexity index is 489. The Balaban J connectivity index is 1.33. The van der Waals surface area contributed by atoms with Crippen LogP contribution in [0, 0.1) is 17.8 Å². The number of alkyl carbamates (subject to hydrolysis) is 1. The molecule has 112 valence electrons. The van der Waals surface area contributed by atoms with Gasteiger partial charge in [-0.25, -0.2) is 4.79 Å². The van der Waals surface area contributed by atoms with Gasteiger partial charge in [-0.3, -0.25) is 0 Å². The van der Waals surface area contributed by atoms with Crippen molar-refractivity contribution < 1.29 is 9.53 Å². The lowest BCUT2D eigenvalue weighted by Crippen LogP contribution is -2.61. The first-order valence-corrected chi connectivity index (χ1v) is 7.98. The lowest BCUT2D eigenvalue weighted by molar-refractivity contribution is -0.113. The first-order chi connectivity index (χ1) is 10.3. The van der Waals surface area contributed by atoms with Gasteiger partial charge in [-0.2, -0.15) is 0 Å². The fourth-order valence-electron chi connectivity index (χ4n) is 4.49. The number of rotatable bonds is 3. The number of carbonyl (C=O) groups is 1. The number of amides is 1. The molecule has 3 saturated heterocycles. The first kappa shape index (κ1) is 13.1. The zero-order chi connectivity index (χ0) is 14.2. The normalized spacial score (nSPS) is 36.5. The van der Waals surface area contributed by atoms with Crippen LogP contribution < -0.4 is 5.32 Å². The molecule has 1 aromatic rings. The van der Waals surface area contributed by atoms with Crippen LogP contribution in [-0.2, 0) is 11.3 Å². The number of nitrogens with one attached hydrogen (secondary N) is 1. The van der Waals surface area contributed by atoms with Gasteiger partial charge in [0.15, 0.2) is 0 Å². The van der Waals surface area contributed by atoms with Gasteiger partial charge in [0.25, 0.3) is 0 Å². The fourth-order valence-corrected chi connectivity index (χ4v) is 4.49. The van der Waals surface area contributed by atoms with E-state index < -0.39 is 0 Å². The van der Waals surface area contributed by atoms with Gasteiger partial charge in [-0.1, -0.05) is 30.3 Å². The molecule has 21 heavy (non-hydrogen) atoms. The molecule has 2 atom stereocenters. The molecule has 0 spiro atoms. The molecular weight excluding hydrogens is 264 g/mol. The van der Waals surface area contributed by atoms with Gasteiger partial charge in [0.1, 0.15) is 6.10 Å². The van der Waals surface area contributed by atoms with Crippen LogP contribution in [-0.4, -0.2) is 36.7 Å². The summed E-state index contributed by atoms with van der Waals surface area (Å²) in [6.07, 6.45) is 2.35. The first-order valence-electron chi connectivity index (χ1n) is 7.98. The minimum Gasteiger partial charge on any atom is -0.446 e. The molecule has 4 fully saturated rings. The maximum Gasteiger partial charge on any atom is 0.407 e. The summed E-state index contributed by atoms with van der Waals surface area (Å²) < 4.78 is 5.77. The molecule has 0 radical (unpaired) electrons. The molecule has 3 heterocycles. The molecule has 5 rings (SSSR count). The van der Waals surface area contributed by atoms with Crippen molar-refractivity contribution in [2.45, 2.75) is 25.5 Å². The molecule has 4 bridgehead atoms. The van der Waals surface area contributed by atoms with Crippen molar-refractivity contribution in [2.24, 2.45) is 17.8 Å². The molecule has 1 amide bonds. The van der Waals surface area contributed by atoms with Crippen LogP contribution >= 0.6 is 0 Å². The third-order valence-corrected chi connectivity index (χ3v) is 5.23. The number of hydrogen-bond donors (Lipinski definition) is 1. The SMILES string of the molecule is O=C(NCc1ccccc1)OC1C2CC3CC1CN(C3)C2. The molecule has 1 aliphatic carbocycles. The summed E-state index contributed by atoms with van der Waals surface area (Å²) in [6, 6.07) is 9.96. The van der Waals surface area contributed by atoms with Crippen molar-refractivity contribution in [2.75, 3.05) is 19.6 Å². The van der Waals surface area contributed by atoms with E-state index in [2.05, 4.69) is 10.2 Å². The Morgan fingerprint density at radius 3 is 2.52 bits per heavy atom. The van der Waals surface area contributed by atoms with Crippen LogP contribution in [0.2, 0.25) is 0 Å². The van der Waals surface area contributed by atoms with E-state index in [1.54, 1.807) is 0 Å². The van der Waals surface area contributed by atoms with Gasteiger partial charge in [0.05, 0.1) is 0 Å². The summed E-state index contributed by atoms with van der Waals surface area (Å²) in [5, 5.41) is 2.88. The Morgan fingerprint density at radius 2 is 1.86 bits per heavy atom. The highest BCUT2D eigenvalue weighted by atomic mass is 16.6. The van der Waals surface area contributed by atoms with Crippen molar-refractivity contribution in [1.82, 2.24) is 10.2 Å². The second-order valence-corrected chi connectivity index (χ2v) is 6.79. The molecule has 0 aromatic heterocycles. The molecule has 4 nitrogen and oxygen atoms in total. The summed E-state index contributed by atoms with van der Waals surface area (Å²) in [5.74, 6) is 1.95. The molecular formula is C17H22N2O2. The van der Waals surface area contributed by atoms with Crippen molar-refractivity contribution in [3.05, 3.63) is 35.9 Å². The average molecular weight is 286 g/mol. The number of nitrogens with zero attached hydrogens (tertiary/aromatic N) is 1. The maximum absolute atomic E-state index is 12.1. The monoisotopic (exact) mass is 286 g/mol. The maximum atomic E-state index is 12.1. The Morgan fingerprint density at radius 1 is 1.14 bits per heavy atom. The molecule has 4 aliphatic rings. The molecule has 1 aromatic carbocycles. The smallest absolute Gasteiger partial charge is 0.407 e. The Labute approximate surface area is 125 Å². The van der Waals surface area contributed by atoms with E-state index in [9.17, 15) is 4.79 Å². The Kier molecular flexibility index (Phi) is 3.34.